The topological polar surface area (TPSA) is 23.8 Å². The van der Waals surface area contributed by atoms with E-state index in [4.69, 9.17) is 28.5 Å². The van der Waals surface area contributed by atoms with E-state index >= 15 is 0 Å². The van der Waals surface area contributed by atoms with E-state index in [2.05, 4.69) is 0 Å². The molecule has 0 radical (unpaired) electrons. The van der Waals surface area contributed by atoms with E-state index in [1.165, 1.54) is 18.2 Å². The van der Waals surface area contributed by atoms with Crippen LogP contribution >= 0.6 is 23.2 Å². The molecule has 0 aromatic heterocycles. The van der Waals surface area contributed by atoms with Crippen molar-refractivity contribution < 1.29 is 4.39 Å². The summed E-state index contributed by atoms with van der Waals surface area (Å²) in [5.74, 6) is -0.398. The molecule has 2 aromatic carbocycles. The van der Waals surface area contributed by atoms with Crippen molar-refractivity contribution in [1.29, 1.82) is 5.26 Å². The largest absolute Gasteiger partial charge is 0.207 e. The van der Waals surface area contributed by atoms with E-state index in [0.717, 1.165) is 0 Å². The van der Waals surface area contributed by atoms with Crippen LogP contribution < -0.4 is 0 Å². The quantitative estimate of drug-likeness (QED) is 0.735. The van der Waals surface area contributed by atoms with Gasteiger partial charge < -0.3 is 0 Å². The van der Waals surface area contributed by atoms with Gasteiger partial charge in [-0.05, 0) is 35.9 Å². The molecule has 0 unspecified atom stereocenters. The molecule has 0 heterocycles. The first-order chi connectivity index (χ1) is 8.11. The maximum Gasteiger partial charge on any atom is 0.123 e. The lowest BCUT2D eigenvalue weighted by Crippen LogP contribution is -1.86. The molecular formula is C13H6Cl2FN. The third kappa shape index (κ3) is 2.41. The standard InChI is InChI=1S/C13H6Cl2FN/c14-12-4-2-8(5-13(12)15)11-6-10(16)3-1-9(11)7-17/h1-6H. The van der Waals surface area contributed by atoms with Crippen LogP contribution in [-0.4, -0.2) is 0 Å². The number of hydrogen-bond acceptors (Lipinski definition) is 1. The fourth-order valence-electron chi connectivity index (χ4n) is 1.52. The van der Waals surface area contributed by atoms with Crippen LogP contribution in [0.25, 0.3) is 11.1 Å². The Bertz CT molecular complexity index is 617. The van der Waals surface area contributed by atoms with Crippen LogP contribution in [0, 0.1) is 17.1 Å². The molecule has 2 rings (SSSR count). The minimum Gasteiger partial charge on any atom is -0.207 e. The predicted molar refractivity (Wildman–Crippen MR) is 66.6 cm³/mol. The number of rotatable bonds is 1. The molecule has 0 saturated carbocycles. The molecule has 0 spiro atoms. The summed E-state index contributed by atoms with van der Waals surface area (Å²) in [6.45, 7) is 0. The van der Waals surface area contributed by atoms with Gasteiger partial charge in [-0.3, -0.25) is 0 Å². The zero-order chi connectivity index (χ0) is 12.4. The molecule has 84 valence electrons. The molecule has 0 aliphatic carbocycles. The zero-order valence-corrected chi connectivity index (χ0v) is 10.1. The fourth-order valence-corrected chi connectivity index (χ4v) is 1.81. The van der Waals surface area contributed by atoms with Gasteiger partial charge in [0.05, 0.1) is 21.7 Å². The molecule has 0 atom stereocenters. The number of benzene rings is 2. The van der Waals surface area contributed by atoms with E-state index in [9.17, 15) is 4.39 Å². The summed E-state index contributed by atoms with van der Waals surface area (Å²) in [7, 11) is 0. The van der Waals surface area contributed by atoms with Crippen LogP contribution in [0.1, 0.15) is 5.56 Å². The highest BCUT2D eigenvalue weighted by Gasteiger charge is 2.08. The Hall–Kier alpha value is -1.56. The fraction of sp³-hybridized carbons (Fsp3) is 0. The third-order valence-corrected chi connectivity index (χ3v) is 3.07. The van der Waals surface area contributed by atoms with Gasteiger partial charge in [0, 0.05) is 5.56 Å². The molecule has 0 fully saturated rings. The lowest BCUT2D eigenvalue weighted by molar-refractivity contribution is 0.628. The maximum atomic E-state index is 13.2. The van der Waals surface area contributed by atoms with Crippen LogP contribution in [-0.2, 0) is 0 Å². The van der Waals surface area contributed by atoms with Gasteiger partial charge in [0.25, 0.3) is 0 Å². The van der Waals surface area contributed by atoms with Crippen LogP contribution in [0.15, 0.2) is 36.4 Å². The van der Waals surface area contributed by atoms with Crippen LogP contribution in [0.3, 0.4) is 0 Å². The van der Waals surface area contributed by atoms with E-state index in [0.29, 0.717) is 26.7 Å². The van der Waals surface area contributed by atoms with Crippen LogP contribution in [0.5, 0.6) is 0 Å². The van der Waals surface area contributed by atoms with E-state index in [1.54, 1.807) is 18.2 Å². The molecule has 0 aliphatic heterocycles. The monoisotopic (exact) mass is 265 g/mol. The van der Waals surface area contributed by atoms with Gasteiger partial charge in [0.15, 0.2) is 0 Å². The minimum absolute atomic E-state index is 0.373. The first-order valence-corrected chi connectivity index (χ1v) is 5.52. The van der Waals surface area contributed by atoms with E-state index in [1.807, 2.05) is 6.07 Å². The molecule has 0 N–H and O–H groups in total. The van der Waals surface area contributed by atoms with Gasteiger partial charge in [0.1, 0.15) is 5.82 Å². The molecule has 2 aromatic rings. The molecule has 1 nitrogen and oxygen atoms in total. The highest BCUT2D eigenvalue weighted by atomic mass is 35.5. The Balaban J connectivity index is 2.63. The third-order valence-electron chi connectivity index (χ3n) is 2.33. The van der Waals surface area contributed by atoms with Crippen molar-refractivity contribution in [2.45, 2.75) is 0 Å². The summed E-state index contributed by atoms with van der Waals surface area (Å²) in [4.78, 5) is 0. The van der Waals surface area contributed by atoms with Crippen LogP contribution in [0.4, 0.5) is 4.39 Å². The maximum absolute atomic E-state index is 13.2. The van der Waals surface area contributed by atoms with Gasteiger partial charge in [-0.25, -0.2) is 4.39 Å². The molecule has 0 saturated heterocycles. The molecular weight excluding hydrogens is 260 g/mol. The van der Waals surface area contributed by atoms with Crippen molar-refractivity contribution in [2.24, 2.45) is 0 Å². The Morgan fingerprint density at radius 2 is 1.76 bits per heavy atom. The zero-order valence-electron chi connectivity index (χ0n) is 8.55. The summed E-state index contributed by atoms with van der Waals surface area (Å²) in [5.41, 5.74) is 1.56. The van der Waals surface area contributed by atoms with Gasteiger partial charge in [-0.1, -0.05) is 29.3 Å². The van der Waals surface area contributed by atoms with Crippen molar-refractivity contribution in [2.75, 3.05) is 0 Å². The lowest BCUT2D eigenvalue weighted by atomic mass is 10.0. The minimum atomic E-state index is -0.398. The second-order valence-corrected chi connectivity index (χ2v) is 4.24. The van der Waals surface area contributed by atoms with Crippen molar-refractivity contribution in [3.05, 3.63) is 57.8 Å². The molecule has 0 amide bonds. The number of halogens is 3. The number of nitrogens with zero attached hydrogens (tertiary/aromatic N) is 1. The van der Waals surface area contributed by atoms with Crippen molar-refractivity contribution in [1.82, 2.24) is 0 Å². The van der Waals surface area contributed by atoms with Gasteiger partial charge in [-0.2, -0.15) is 5.26 Å². The van der Waals surface area contributed by atoms with Crippen molar-refractivity contribution >= 4 is 23.2 Å². The highest BCUT2D eigenvalue weighted by molar-refractivity contribution is 6.42. The molecule has 4 heteroatoms. The van der Waals surface area contributed by atoms with Gasteiger partial charge in [-0.15, -0.1) is 0 Å². The van der Waals surface area contributed by atoms with E-state index in [-0.39, 0.29) is 0 Å². The first-order valence-electron chi connectivity index (χ1n) is 4.77. The van der Waals surface area contributed by atoms with Crippen molar-refractivity contribution in [3.8, 4) is 17.2 Å². The molecule has 0 bridgehead atoms. The Morgan fingerprint density at radius 3 is 2.41 bits per heavy atom. The van der Waals surface area contributed by atoms with Crippen molar-refractivity contribution in [3.63, 3.8) is 0 Å². The van der Waals surface area contributed by atoms with E-state index < -0.39 is 5.82 Å². The second-order valence-electron chi connectivity index (χ2n) is 3.43. The normalized spacial score (nSPS) is 10.0. The summed E-state index contributed by atoms with van der Waals surface area (Å²) in [5, 5.41) is 9.76. The predicted octanol–water partition coefficient (Wildman–Crippen LogP) is 4.67. The first kappa shape index (κ1) is 11.9. The Kier molecular flexibility index (Phi) is 3.33. The number of hydrogen-bond donors (Lipinski definition) is 0. The van der Waals surface area contributed by atoms with Crippen LogP contribution in [0.2, 0.25) is 10.0 Å². The summed E-state index contributed by atoms with van der Waals surface area (Å²) in [6, 6.07) is 10.9. The Morgan fingerprint density at radius 1 is 1.00 bits per heavy atom. The number of nitriles is 1. The Labute approximate surface area is 108 Å². The molecule has 17 heavy (non-hydrogen) atoms. The van der Waals surface area contributed by atoms with Gasteiger partial charge in [0.2, 0.25) is 0 Å². The molecule has 0 aliphatic rings. The highest BCUT2D eigenvalue weighted by Crippen LogP contribution is 2.30. The summed E-state index contributed by atoms with van der Waals surface area (Å²) < 4.78 is 13.2. The van der Waals surface area contributed by atoms with Gasteiger partial charge >= 0.3 is 0 Å². The SMILES string of the molecule is N#Cc1ccc(F)cc1-c1ccc(Cl)c(Cl)c1. The average molecular weight is 266 g/mol. The second kappa shape index (κ2) is 4.75. The smallest absolute Gasteiger partial charge is 0.123 e. The summed E-state index contributed by atoms with van der Waals surface area (Å²) >= 11 is 11.7. The summed E-state index contributed by atoms with van der Waals surface area (Å²) in [6.07, 6.45) is 0. The lowest BCUT2D eigenvalue weighted by Gasteiger charge is -2.05. The average Bonchev–Trinajstić information content (AvgIpc) is 2.32.